The van der Waals surface area contributed by atoms with Crippen molar-refractivity contribution < 1.29 is 34.2 Å². The van der Waals surface area contributed by atoms with E-state index >= 15 is 0 Å². The van der Waals surface area contributed by atoms with Gasteiger partial charge in [0.05, 0.1) is 39.0 Å². The molecule has 0 heterocycles. The quantitative estimate of drug-likeness (QED) is 0.0479. The fourth-order valence-corrected chi connectivity index (χ4v) is 5.77. The van der Waals surface area contributed by atoms with Crippen molar-refractivity contribution in [2.45, 2.75) is 161 Å². The minimum Gasteiger partial charge on any atom is -0.550 e. The van der Waals surface area contributed by atoms with Gasteiger partial charge < -0.3 is 24.6 Å². The van der Waals surface area contributed by atoms with E-state index in [1.807, 2.05) is 0 Å². The normalized spacial score (nSPS) is 11.8. The predicted octanol–water partition coefficient (Wildman–Crippen LogP) is 7.66. The van der Waals surface area contributed by atoms with Gasteiger partial charge in [0.1, 0.15) is 0 Å². The van der Waals surface area contributed by atoms with Gasteiger partial charge in [-0.25, -0.2) is 0 Å². The van der Waals surface area contributed by atoms with Crippen LogP contribution in [-0.2, 0) is 14.4 Å². The fraction of sp³-hybridized carbons (Fsp3) is 0.853. The standard InChI is InChI=1S/C34H63NO6/c1-2-3-4-5-6-7-8-9-10-11-12-13-14-15-16-17-18-19-20-21-28-35(29-22-25-32(36)37,30-23-26-33(38)39)31-24-27-34(40)41/h4-5H,2-3,6-31H2,1H3,(H2-,36,37,38,39,40,41)/b5-4+. The third-order valence-corrected chi connectivity index (χ3v) is 8.18. The molecule has 0 saturated heterocycles. The number of carboxylic acids is 3. The van der Waals surface area contributed by atoms with Crippen LogP contribution < -0.4 is 5.11 Å². The van der Waals surface area contributed by atoms with Gasteiger partial charge in [0.25, 0.3) is 0 Å². The third-order valence-electron chi connectivity index (χ3n) is 8.18. The molecule has 41 heavy (non-hydrogen) atoms. The highest BCUT2D eigenvalue weighted by atomic mass is 16.4. The molecule has 7 heteroatoms. The van der Waals surface area contributed by atoms with Gasteiger partial charge >= 0.3 is 11.9 Å². The molecule has 0 aromatic heterocycles. The monoisotopic (exact) mass is 581 g/mol. The number of hydrogen-bond donors (Lipinski definition) is 2. The van der Waals surface area contributed by atoms with Gasteiger partial charge in [0, 0.05) is 25.2 Å². The van der Waals surface area contributed by atoms with Gasteiger partial charge in [0.15, 0.2) is 0 Å². The van der Waals surface area contributed by atoms with Gasteiger partial charge in [-0.1, -0.05) is 103 Å². The average molecular weight is 582 g/mol. The maximum Gasteiger partial charge on any atom is 0.303 e. The molecule has 0 atom stereocenters. The largest absolute Gasteiger partial charge is 0.550 e. The zero-order chi connectivity index (χ0) is 30.4. The number of carbonyl (C=O) groups is 3. The molecule has 0 aromatic carbocycles. The van der Waals surface area contributed by atoms with Crippen molar-refractivity contribution in [3.63, 3.8) is 0 Å². The van der Waals surface area contributed by atoms with Crippen molar-refractivity contribution in [3.8, 4) is 0 Å². The molecule has 0 bridgehead atoms. The first kappa shape index (κ1) is 39.1. The van der Waals surface area contributed by atoms with Gasteiger partial charge in [-0.05, 0) is 38.5 Å². The Morgan fingerprint density at radius 2 is 0.854 bits per heavy atom. The Balaban J connectivity index is 4.06. The first-order valence-corrected chi connectivity index (χ1v) is 16.9. The second kappa shape index (κ2) is 28.2. The molecule has 0 aromatic rings. The van der Waals surface area contributed by atoms with Crippen LogP contribution in [-0.4, -0.2) is 58.8 Å². The SMILES string of the molecule is CCC/C=C/CCCCCCCCCCCCCCCCC[N+](CCCC(=O)[O-])(CCCC(=O)O)CCCC(=O)O. The molecule has 7 nitrogen and oxygen atoms in total. The van der Waals surface area contributed by atoms with Gasteiger partial charge in [0.2, 0.25) is 0 Å². The van der Waals surface area contributed by atoms with E-state index in [0.29, 0.717) is 43.4 Å². The Labute approximate surface area is 251 Å². The molecular weight excluding hydrogens is 518 g/mol. The van der Waals surface area contributed by atoms with Crippen LogP contribution in [0.25, 0.3) is 0 Å². The topological polar surface area (TPSA) is 115 Å². The maximum absolute atomic E-state index is 11.1. The smallest absolute Gasteiger partial charge is 0.303 e. The lowest BCUT2D eigenvalue weighted by atomic mass is 10.0. The Morgan fingerprint density at radius 3 is 1.24 bits per heavy atom. The van der Waals surface area contributed by atoms with Crippen LogP contribution in [0.2, 0.25) is 0 Å². The molecule has 0 aliphatic carbocycles. The summed E-state index contributed by atoms with van der Waals surface area (Å²) in [6.45, 7) is 5.00. The van der Waals surface area contributed by atoms with Crippen molar-refractivity contribution in [1.82, 2.24) is 0 Å². The predicted molar refractivity (Wildman–Crippen MR) is 166 cm³/mol. The van der Waals surface area contributed by atoms with Crippen LogP contribution in [0, 0.1) is 0 Å². The molecule has 0 spiro atoms. The van der Waals surface area contributed by atoms with Crippen LogP contribution in [0.1, 0.15) is 161 Å². The number of quaternary nitrogens is 1. The lowest BCUT2D eigenvalue weighted by molar-refractivity contribution is -0.929. The van der Waals surface area contributed by atoms with E-state index in [1.165, 1.54) is 103 Å². The Bertz CT molecular complexity index is 628. The van der Waals surface area contributed by atoms with Crippen molar-refractivity contribution >= 4 is 17.9 Å². The number of unbranched alkanes of at least 4 members (excludes halogenated alkanes) is 16. The highest BCUT2D eigenvalue weighted by molar-refractivity contribution is 5.66. The minimum atomic E-state index is -1.07. The Kier molecular flexibility index (Phi) is 26.9. The summed E-state index contributed by atoms with van der Waals surface area (Å²) in [5.74, 6) is -2.74. The van der Waals surface area contributed by atoms with E-state index < -0.39 is 17.9 Å². The van der Waals surface area contributed by atoms with Gasteiger partial charge in [-0.2, -0.15) is 0 Å². The van der Waals surface area contributed by atoms with E-state index in [-0.39, 0.29) is 19.3 Å². The summed E-state index contributed by atoms with van der Waals surface area (Å²) in [5, 5.41) is 29.1. The number of aliphatic carboxylic acids is 3. The van der Waals surface area contributed by atoms with Gasteiger partial charge in [-0.15, -0.1) is 0 Å². The maximum atomic E-state index is 11.1. The molecule has 240 valence electrons. The summed E-state index contributed by atoms with van der Waals surface area (Å²) in [5.41, 5.74) is 0. The molecule has 2 N–H and O–H groups in total. The van der Waals surface area contributed by atoms with E-state index in [0.717, 1.165) is 19.4 Å². The number of carboxylic acid groups (broad SMARTS) is 3. The zero-order valence-electron chi connectivity index (χ0n) is 26.4. The molecule has 0 unspecified atom stereocenters. The van der Waals surface area contributed by atoms with Crippen molar-refractivity contribution in [3.05, 3.63) is 12.2 Å². The van der Waals surface area contributed by atoms with Crippen LogP contribution in [0.5, 0.6) is 0 Å². The van der Waals surface area contributed by atoms with Crippen LogP contribution in [0.15, 0.2) is 12.2 Å². The molecule has 0 aliphatic heterocycles. The van der Waals surface area contributed by atoms with Crippen LogP contribution in [0.3, 0.4) is 0 Å². The summed E-state index contributed by atoms with van der Waals surface area (Å²) in [4.78, 5) is 33.1. The van der Waals surface area contributed by atoms with E-state index in [1.54, 1.807) is 0 Å². The van der Waals surface area contributed by atoms with Crippen LogP contribution >= 0.6 is 0 Å². The lowest BCUT2D eigenvalue weighted by Crippen LogP contribution is -2.51. The van der Waals surface area contributed by atoms with E-state index in [2.05, 4.69) is 19.1 Å². The molecular formula is C34H63NO6. The highest BCUT2D eigenvalue weighted by Crippen LogP contribution is 2.19. The van der Waals surface area contributed by atoms with Crippen molar-refractivity contribution in [2.24, 2.45) is 0 Å². The molecule has 0 rings (SSSR count). The first-order chi connectivity index (χ1) is 19.8. The second-order valence-electron chi connectivity index (χ2n) is 12.1. The van der Waals surface area contributed by atoms with E-state index in [4.69, 9.17) is 10.2 Å². The molecule has 0 saturated carbocycles. The average Bonchev–Trinajstić information content (AvgIpc) is 2.91. The van der Waals surface area contributed by atoms with E-state index in [9.17, 15) is 19.5 Å². The number of hydrogen-bond acceptors (Lipinski definition) is 4. The number of allylic oxidation sites excluding steroid dienone is 2. The highest BCUT2D eigenvalue weighted by Gasteiger charge is 2.26. The molecule has 0 amide bonds. The third kappa shape index (κ3) is 28.0. The summed E-state index contributed by atoms with van der Waals surface area (Å²) < 4.78 is 0.615. The molecule has 0 fully saturated rings. The minimum absolute atomic E-state index is 0.0187. The summed E-state index contributed by atoms with van der Waals surface area (Å²) in [6.07, 6.45) is 29.4. The zero-order valence-corrected chi connectivity index (χ0v) is 26.4. The van der Waals surface area contributed by atoms with Gasteiger partial charge in [-0.3, -0.25) is 9.59 Å². The number of rotatable bonds is 32. The first-order valence-electron chi connectivity index (χ1n) is 16.9. The molecule has 0 radical (unpaired) electrons. The number of nitrogens with zero attached hydrogens (tertiary/aromatic N) is 1. The van der Waals surface area contributed by atoms with Crippen molar-refractivity contribution in [1.29, 1.82) is 0 Å². The Morgan fingerprint density at radius 1 is 0.512 bits per heavy atom. The summed E-state index contributed by atoms with van der Waals surface area (Å²) >= 11 is 0. The second-order valence-corrected chi connectivity index (χ2v) is 12.1. The summed E-state index contributed by atoms with van der Waals surface area (Å²) in [7, 11) is 0. The molecule has 0 aliphatic rings. The number of carbonyl (C=O) groups excluding carboxylic acids is 1. The Hall–Kier alpha value is -1.89. The lowest BCUT2D eigenvalue weighted by Gasteiger charge is -2.39. The summed E-state index contributed by atoms with van der Waals surface area (Å²) in [6, 6.07) is 0. The van der Waals surface area contributed by atoms with Crippen molar-refractivity contribution in [2.75, 3.05) is 26.2 Å². The van der Waals surface area contributed by atoms with Crippen LogP contribution in [0.4, 0.5) is 0 Å². The fourth-order valence-electron chi connectivity index (χ4n) is 5.77.